The third-order valence-corrected chi connectivity index (χ3v) is 3.05. The van der Waals surface area contributed by atoms with Crippen LogP contribution in [0.25, 0.3) is 0 Å². The lowest BCUT2D eigenvalue weighted by molar-refractivity contribution is 0.150. The molecule has 0 aliphatic carbocycles. The summed E-state index contributed by atoms with van der Waals surface area (Å²) in [6.45, 7) is 5.13. The molecule has 1 rings (SSSR count). The Morgan fingerprint density at radius 2 is 2.25 bits per heavy atom. The molecular weight excluding hydrogens is 153 g/mol. The first kappa shape index (κ1) is 9.97. The first-order chi connectivity index (χ1) is 5.75. The van der Waals surface area contributed by atoms with Crippen LogP contribution in [0.15, 0.2) is 0 Å². The Balaban J connectivity index is 2.52. The van der Waals surface area contributed by atoms with Crippen molar-refractivity contribution in [1.29, 1.82) is 0 Å². The largest absolute Gasteiger partial charge is 0.309 e. The summed E-state index contributed by atoms with van der Waals surface area (Å²) < 4.78 is 13.7. The highest BCUT2D eigenvalue weighted by atomic mass is 19.1. The van der Waals surface area contributed by atoms with Crippen molar-refractivity contribution in [3.05, 3.63) is 0 Å². The zero-order chi connectivity index (χ0) is 9.03. The molecule has 0 amide bonds. The fourth-order valence-electron chi connectivity index (χ4n) is 2.15. The van der Waals surface area contributed by atoms with E-state index in [1.807, 2.05) is 6.92 Å². The van der Waals surface area contributed by atoms with Gasteiger partial charge in [-0.3, -0.25) is 0 Å². The minimum Gasteiger partial charge on any atom is -0.309 e. The average molecular weight is 173 g/mol. The SMILES string of the molecule is CCCC(F)C1(CC)CCCN1. The van der Waals surface area contributed by atoms with Crippen molar-refractivity contribution in [2.45, 2.75) is 57.7 Å². The molecule has 0 radical (unpaired) electrons. The van der Waals surface area contributed by atoms with Crippen molar-refractivity contribution in [3.63, 3.8) is 0 Å². The monoisotopic (exact) mass is 173 g/mol. The van der Waals surface area contributed by atoms with Gasteiger partial charge in [0.15, 0.2) is 0 Å². The van der Waals surface area contributed by atoms with Gasteiger partial charge in [-0.05, 0) is 32.2 Å². The Hall–Kier alpha value is -0.110. The van der Waals surface area contributed by atoms with Gasteiger partial charge in [0, 0.05) is 5.54 Å². The summed E-state index contributed by atoms with van der Waals surface area (Å²) in [5.74, 6) is 0. The highest BCUT2D eigenvalue weighted by molar-refractivity contribution is 4.97. The fraction of sp³-hybridized carbons (Fsp3) is 1.00. The molecule has 0 aromatic heterocycles. The first-order valence-corrected chi connectivity index (χ1v) is 5.14. The molecule has 12 heavy (non-hydrogen) atoms. The summed E-state index contributed by atoms with van der Waals surface area (Å²) in [6, 6.07) is 0. The molecule has 72 valence electrons. The topological polar surface area (TPSA) is 12.0 Å². The molecule has 1 heterocycles. The van der Waals surface area contributed by atoms with Gasteiger partial charge in [0.2, 0.25) is 0 Å². The molecule has 2 heteroatoms. The van der Waals surface area contributed by atoms with Gasteiger partial charge in [-0.15, -0.1) is 0 Å². The van der Waals surface area contributed by atoms with Crippen LogP contribution >= 0.6 is 0 Å². The molecule has 1 nitrogen and oxygen atoms in total. The third-order valence-electron chi connectivity index (χ3n) is 3.05. The van der Waals surface area contributed by atoms with E-state index in [1.54, 1.807) is 0 Å². The van der Waals surface area contributed by atoms with Gasteiger partial charge in [-0.1, -0.05) is 20.3 Å². The van der Waals surface area contributed by atoms with Crippen molar-refractivity contribution >= 4 is 0 Å². The van der Waals surface area contributed by atoms with Crippen LogP contribution in [0, 0.1) is 0 Å². The first-order valence-electron chi connectivity index (χ1n) is 5.14. The van der Waals surface area contributed by atoms with Crippen LogP contribution in [-0.4, -0.2) is 18.3 Å². The lowest BCUT2D eigenvalue weighted by atomic mass is 9.86. The predicted molar refractivity (Wildman–Crippen MR) is 50.1 cm³/mol. The molecule has 0 bridgehead atoms. The number of halogens is 1. The second kappa shape index (κ2) is 4.22. The zero-order valence-corrected chi connectivity index (χ0v) is 8.20. The van der Waals surface area contributed by atoms with Crippen molar-refractivity contribution in [3.8, 4) is 0 Å². The average Bonchev–Trinajstić information content (AvgIpc) is 2.54. The molecule has 0 aromatic carbocycles. The molecule has 2 atom stereocenters. The fourth-order valence-corrected chi connectivity index (χ4v) is 2.15. The molecular formula is C10H20FN. The van der Waals surface area contributed by atoms with Gasteiger partial charge in [0.25, 0.3) is 0 Å². The highest BCUT2D eigenvalue weighted by Crippen LogP contribution is 2.30. The van der Waals surface area contributed by atoms with Crippen LogP contribution in [0.4, 0.5) is 4.39 Å². The molecule has 1 aliphatic rings. The van der Waals surface area contributed by atoms with Gasteiger partial charge in [-0.2, -0.15) is 0 Å². The van der Waals surface area contributed by atoms with E-state index < -0.39 is 6.17 Å². The highest BCUT2D eigenvalue weighted by Gasteiger charge is 2.39. The number of rotatable bonds is 4. The van der Waals surface area contributed by atoms with Crippen molar-refractivity contribution in [2.24, 2.45) is 0 Å². The van der Waals surface area contributed by atoms with Crippen LogP contribution in [0.2, 0.25) is 0 Å². The number of alkyl halides is 1. The standard InChI is InChI=1S/C10H20FN/c1-3-6-9(11)10(4-2)7-5-8-12-10/h9,12H,3-8H2,1-2H3. The van der Waals surface area contributed by atoms with Gasteiger partial charge in [0.1, 0.15) is 6.17 Å². The molecule has 1 aliphatic heterocycles. The Kier molecular flexibility index (Phi) is 3.51. The van der Waals surface area contributed by atoms with Crippen molar-refractivity contribution in [1.82, 2.24) is 5.32 Å². The molecule has 1 fully saturated rings. The molecule has 0 spiro atoms. The van der Waals surface area contributed by atoms with E-state index in [2.05, 4.69) is 12.2 Å². The summed E-state index contributed by atoms with van der Waals surface area (Å²) in [6.07, 6.45) is 4.09. The second-order valence-corrected chi connectivity index (χ2v) is 3.80. The summed E-state index contributed by atoms with van der Waals surface area (Å²) in [5, 5.41) is 3.33. The lowest BCUT2D eigenvalue weighted by Crippen LogP contribution is -2.47. The minimum absolute atomic E-state index is 0.171. The number of hydrogen-bond donors (Lipinski definition) is 1. The van der Waals surface area contributed by atoms with Gasteiger partial charge in [0.05, 0.1) is 0 Å². The van der Waals surface area contributed by atoms with Crippen molar-refractivity contribution < 1.29 is 4.39 Å². The van der Waals surface area contributed by atoms with E-state index in [0.29, 0.717) is 6.42 Å². The maximum Gasteiger partial charge on any atom is 0.118 e. The van der Waals surface area contributed by atoms with E-state index in [0.717, 1.165) is 32.2 Å². The van der Waals surface area contributed by atoms with Crippen LogP contribution in [0.1, 0.15) is 46.0 Å². The molecule has 1 N–H and O–H groups in total. The predicted octanol–water partition coefficient (Wildman–Crippen LogP) is 2.66. The summed E-state index contributed by atoms with van der Waals surface area (Å²) in [7, 11) is 0. The lowest BCUT2D eigenvalue weighted by Gasteiger charge is -2.31. The van der Waals surface area contributed by atoms with Gasteiger partial charge in [-0.25, -0.2) is 4.39 Å². The Morgan fingerprint density at radius 3 is 2.67 bits per heavy atom. The molecule has 0 saturated carbocycles. The quantitative estimate of drug-likeness (QED) is 0.689. The van der Waals surface area contributed by atoms with E-state index in [-0.39, 0.29) is 5.54 Å². The van der Waals surface area contributed by atoms with Crippen LogP contribution < -0.4 is 5.32 Å². The van der Waals surface area contributed by atoms with E-state index in [1.165, 1.54) is 0 Å². The number of hydrogen-bond acceptors (Lipinski definition) is 1. The minimum atomic E-state index is -0.644. The van der Waals surface area contributed by atoms with E-state index in [4.69, 9.17) is 0 Å². The van der Waals surface area contributed by atoms with Crippen LogP contribution in [0.3, 0.4) is 0 Å². The zero-order valence-electron chi connectivity index (χ0n) is 8.20. The van der Waals surface area contributed by atoms with Crippen molar-refractivity contribution in [2.75, 3.05) is 6.54 Å². The Bertz CT molecular complexity index is 130. The number of nitrogens with one attached hydrogen (secondary N) is 1. The van der Waals surface area contributed by atoms with E-state index in [9.17, 15) is 4.39 Å². The Morgan fingerprint density at radius 1 is 1.50 bits per heavy atom. The van der Waals surface area contributed by atoms with E-state index >= 15 is 0 Å². The Labute approximate surface area is 74.7 Å². The maximum absolute atomic E-state index is 13.7. The van der Waals surface area contributed by atoms with Crippen LogP contribution in [-0.2, 0) is 0 Å². The molecule has 0 aromatic rings. The van der Waals surface area contributed by atoms with Gasteiger partial charge < -0.3 is 5.32 Å². The van der Waals surface area contributed by atoms with Crippen LogP contribution in [0.5, 0.6) is 0 Å². The molecule has 2 unspecified atom stereocenters. The summed E-state index contributed by atoms with van der Waals surface area (Å²) in [4.78, 5) is 0. The smallest absolute Gasteiger partial charge is 0.118 e. The molecule has 1 saturated heterocycles. The summed E-state index contributed by atoms with van der Waals surface area (Å²) >= 11 is 0. The van der Waals surface area contributed by atoms with Gasteiger partial charge >= 0.3 is 0 Å². The summed E-state index contributed by atoms with van der Waals surface area (Å²) in [5.41, 5.74) is -0.171. The third kappa shape index (κ3) is 1.79. The second-order valence-electron chi connectivity index (χ2n) is 3.80. The maximum atomic E-state index is 13.7. The normalized spacial score (nSPS) is 32.2.